The van der Waals surface area contributed by atoms with Gasteiger partial charge in [-0.05, 0) is 49.3 Å². The average molecular weight is 359 g/mol. The highest BCUT2D eigenvalue weighted by molar-refractivity contribution is 6.30. The van der Waals surface area contributed by atoms with Crippen molar-refractivity contribution >= 4 is 17.6 Å². The molecule has 0 aliphatic rings. The number of hydrogen-bond donors (Lipinski definition) is 2. The Morgan fingerprint density at radius 1 is 1.00 bits per heavy atom. The van der Waals surface area contributed by atoms with Crippen LogP contribution in [-0.4, -0.2) is 38.5 Å². The van der Waals surface area contributed by atoms with Crippen molar-refractivity contribution in [2.75, 3.05) is 27.7 Å². The zero-order chi connectivity index (χ0) is 18.1. The van der Waals surface area contributed by atoms with Gasteiger partial charge in [0.1, 0.15) is 0 Å². The Morgan fingerprint density at radius 3 is 2.36 bits per heavy atom. The number of nitrogens with zero attached hydrogens (tertiary/aromatic N) is 2. The molecule has 0 saturated heterocycles. The van der Waals surface area contributed by atoms with Gasteiger partial charge in [0.05, 0.1) is 0 Å². The second-order valence-electron chi connectivity index (χ2n) is 6.29. The van der Waals surface area contributed by atoms with Gasteiger partial charge in [-0.25, -0.2) is 0 Å². The van der Waals surface area contributed by atoms with Gasteiger partial charge in [-0.2, -0.15) is 0 Å². The monoisotopic (exact) mass is 358 g/mol. The molecule has 2 N–H and O–H groups in total. The van der Waals surface area contributed by atoms with Crippen LogP contribution >= 0.6 is 11.6 Å². The topological polar surface area (TPSA) is 39.7 Å². The summed E-state index contributed by atoms with van der Waals surface area (Å²) in [6.07, 6.45) is 0.903. The van der Waals surface area contributed by atoms with E-state index in [4.69, 9.17) is 11.6 Å². The van der Waals surface area contributed by atoms with Crippen molar-refractivity contribution < 1.29 is 0 Å². The molecule has 0 aliphatic heterocycles. The number of hydrogen-bond acceptors (Lipinski definition) is 2. The van der Waals surface area contributed by atoms with Crippen LogP contribution in [0.15, 0.2) is 53.5 Å². The fourth-order valence-electron chi connectivity index (χ4n) is 2.55. The molecule has 0 radical (unpaired) electrons. The standard InChI is InChI=1S/C20H27ClN4/c1-22-20(23-12-11-16-5-4-6-19(21)13-16)24-14-17-7-9-18(10-8-17)15-25(2)3/h4-10,13H,11-12,14-15H2,1-3H3,(H2,22,23,24). The summed E-state index contributed by atoms with van der Waals surface area (Å²) in [5.41, 5.74) is 3.77. The molecule has 0 atom stereocenters. The average Bonchev–Trinajstić information content (AvgIpc) is 2.59. The number of rotatable bonds is 7. The Bertz CT molecular complexity index is 680. The second-order valence-corrected chi connectivity index (χ2v) is 6.72. The van der Waals surface area contributed by atoms with E-state index in [1.807, 2.05) is 18.2 Å². The molecule has 0 saturated carbocycles. The Kier molecular flexibility index (Phi) is 7.76. The minimum Gasteiger partial charge on any atom is -0.356 e. The van der Waals surface area contributed by atoms with E-state index in [0.29, 0.717) is 0 Å². The normalized spacial score (nSPS) is 11.6. The lowest BCUT2D eigenvalue weighted by Crippen LogP contribution is -2.37. The third kappa shape index (κ3) is 7.16. The molecule has 5 heteroatoms. The predicted molar refractivity (Wildman–Crippen MR) is 107 cm³/mol. The molecule has 0 amide bonds. The van der Waals surface area contributed by atoms with E-state index in [9.17, 15) is 0 Å². The summed E-state index contributed by atoms with van der Waals surface area (Å²) in [6.45, 7) is 2.52. The van der Waals surface area contributed by atoms with E-state index in [1.165, 1.54) is 16.7 Å². The Morgan fingerprint density at radius 2 is 1.72 bits per heavy atom. The minimum absolute atomic E-state index is 0.749. The fourth-order valence-corrected chi connectivity index (χ4v) is 2.76. The van der Waals surface area contributed by atoms with Crippen LogP contribution in [0.2, 0.25) is 5.02 Å². The van der Waals surface area contributed by atoms with E-state index in [2.05, 4.69) is 65.0 Å². The molecule has 2 aromatic rings. The van der Waals surface area contributed by atoms with Gasteiger partial charge in [-0.1, -0.05) is 48.0 Å². The fraction of sp³-hybridized carbons (Fsp3) is 0.350. The molecule has 0 heterocycles. The summed E-state index contributed by atoms with van der Waals surface area (Å²) >= 11 is 6.01. The number of benzene rings is 2. The van der Waals surface area contributed by atoms with Crippen LogP contribution in [0.3, 0.4) is 0 Å². The molecule has 0 unspecified atom stereocenters. The van der Waals surface area contributed by atoms with Crippen LogP contribution in [-0.2, 0) is 19.5 Å². The molecule has 134 valence electrons. The summed E-state index contributed by atoms with van der Waals surface area (Å²) in [6, 6.07) is 16.6. The third-order valence-corrected chi connectivity index (χ3v) is 4.04. The van der Waals surface area contributed by atoms with Gasteiger partial charge in [0.25, 0.3) is 0 Å². The predicted octanol–water partition coefficient (Wildman–Crippen LogP) is 3.31. The van der Waals surface area contributed by atoms with Crippen molar-refractivity contribution in [1.82, 2.24) is 15.5 Å². The molecule has 0 aliphatic carbocycles. The number of halogens is 1. The zero-order valence-corrected chi connectivity index (χ0v) is 16.0. The van der Waals surface area contributed by atoms with Crippen molar-refractivity contribution in [1.29, 1.82) is 0 Å². The lowest BCUT2D eigenvalue weighted by atomic mass is 10.1. The number of nitrogens with one attached hydrogen (secondary N) is 2. The molecule has 0 spiro atoms. The molecular weight excluding hydrogens is 332 g/mol. The van der Waals surface area contributed by atoms with Gasteiger partial charge in [-0.15, -0.1) is 0 Å². The summed E-state index contributed by atoms with van der Waals surface area (Å²) in [5.74, 6) is 0.805. The van der Waals surface area contributed by atoms with E-state index < -0.39 is 0 Å². The van der Waals surface area contributed by atoms with E-state index in [0.717, 1.165) is 37.0 Å². The highest BCUT2D eigenvalue weighted by Gasteiger charge is 2.00. The van der Waals surface area contributed by atoms with Crippen LogP contribution < -0.4 is 10.6 Å². The smallest absolute Gasteiger partial charge is 0.191 e. The Labute approximate surface area is 155 Å². The molecule has 4 nitrogen and oxygen atoms in total. The SMILES string of the molecule is CN=C(NCCc1cccc(Cl)c1)NCc1ccc(CN(C)C)cc1. The number of aliphatic imine (C=N–C) groups is 1. The first-order valence-electron chi connectivity index (χ1n) is 8.48. The molecule has 0 fully saturated rings. The van der Waals surface area contributed by atoms with Crippen LogP contribution in [0, 0.1) is 0 Å². The lowest BCUT2D eigenvalue weighted by Gasteiger charge is -2.13. The number of guanidine groups is 1. The van der Waals surface area contributed by atoms with Crippen LogP contribution in [0.1, 0.15) is 16.7 Å². The van der Waals surface area contributed by atoms with Gasteiger partial charge < -0.3 is 15.5 Å². The Balaban J connectivity index is 1.76. The van der Waals surface area contributed by atoms with Gasteiger partial charge in [0.2, 0.25) is 0 Å². The maximum atomic E-state index is 6.01. The Hall–Kier alpha value is -2.04. The summed E-state index contributed by atoms with van der Waals surface area (Å²) in [4.78, 5) is 6.44. The van der Waals surface area contributed by atoms with Crippen molar-refractivity contribution in [2.45, 2.75) is 19.5 Å². The van der Waals surface area contributed by atoms with Gasteiger partial charge in [0.15, 0.2) is 5.96 Å². The van der Waals surface area contributed by atoms with Crippen LogP contribution in [0.25, 0.3) is 0 Å². The van der Waals surface area contributed by atoms with Crippen molar-refractivity contribution in [3.8, 4) is 0 Å². The first-order chi connectivity index (χ1) is 12.1. The first kappa shape index (κ1) is 19.3. The molecular formula is C20H27ClN4. The van der Waals surface area contributed by atoms with Gasteiger partial charge in [-0.3, -0.25) is 4.99 Å². The quantitative estimate of drug-likeness (QED) is 0.589. The van der Waals surface area contributed by atoms with Gasteiger partial charge >= 0.3 is 0 Å². The maximum Gasteiger partial charge on any atom is 0.191 e. The molecule has 2 aromatic carbocycles. The second kappa shape index (κ2) is 10.1. The zero-order valence-electron chi connectivity index (χ0n) is 15.2. The molecule has 0 aromatic heterocycles. The van der Waals surface area contributed by atoms with Crippen molar-refractivity contribution in [3.05, 3.63) is 70.2 Å². The highest BCUT2D eigenvalue weighted by atomic mass is 35.5. The minimum atomic E-state index is 0.749. The third-order valence-electron chi connectivity index (χ3n) is 3.80. The first-order valence-corrected chi connectivity index (χ1v) is 8.86. The summed E-state index contributed by atoms with van der Waals surface area (Å²) < 4.78 is 0. The largest absolute Gasteiger partial charge is 0.356 e. The highest BCUT2D eigenvalue weighted by Crippen LogP contribution is 2.10. The van der Waals surface area contributed by atoms with Crippen LogP contribution in [0.5, 0.6) is 0 Å². The van der Waals surface area contributed by atoms with Crippen molar-refractivity contribution in [3.63, 3.8) is 0 Å². The maximum absolute atomic E-state index is 6.01. The lowest BCUT2D eigenvalue weighted by molar-refractivity contribution is 0.402. The molecule has 25 heavy (non-hydrogen) atoms. The molecule has 2 rings (SSSR count). The summed E-state index contributed by atoms with van der Waals surface area (Å²) in [5, 5.41) is 7.46. The summed E-state index contributed by atoms with van der Waals surface area (Å²) in [7, 11) is 5.94. The van der Waals surface area contributed by atoms with E-state index in [1.54, 1.807) is 7.05 Å². The van der Waals surface area contributed by atoms with Gasteiger partial charge in [0, 0.05) is 31.7 Å². The van der Waals surface area contributed by atoms with E-state index in [-0.39, 0.29) is 0 Å². The van der Waals surface area contributed by atoms with Crippen LogP contribution in [0.4, 0.5) is 0 Å². The molecule has 0 bridgehead atoms. The van der Waals surface area contributed by atoms with Crippen molar-refractivity contribution in [2.24, 2.45) is 4.99 Å². The van der Waals surface area contributed by atoms with E-state index >= 15 is 0 Å².